The molecular weight excluding hydrogens is 927 g/mol. The van der Waals surface area contributed by atoms with Crippen LogP contribution >= 0.6 is 7.60 Å². The minimum atomic E-state index is -5.21. The molecular formula is C45H59F3N3O14PS. The molecule has 0 aromatic heterocycles. The Morgan fingerprint density at radius 1 is 0.881 bits per heavy atom. The van der Waals surface area contributed by atoms with Gasteiger partial charge < -0.3 is 43.9 Å². The molecule has 1 unspecified atom stereocenters. The number of nitrogens with one attached hydrogen (secondary N) is 2. The first kappa shape index (κ1) is 53.2. The van der Waals surface area contributed by atoms with Crippen LogP contribution in [0.3, 0.4) is 0 Å². The largest absolute Gasteiger partial charge is 0.480 e. The maximum atomic E-state index is 14.2. The Morgan fingerprint density at radius 2 is 1.54 bits per heavy atom. The summed E-state index contributed by atoms with van der Waals surface area (Å²) in [4.78, 5) is 37.4. The molecule has 2 aliphatic rings. The van der Waals surface area contributed by atoms with Gasteiger partial charge in [0.05, 0.1) is 42.3 Å². The second kappa shape index (κ2) is 23.5. The number of amides is 2. The summed E-state index contributed by atoms with van der Waals surface area (Å²) in [7, 11) is -8.11. The number of esters is 1. The molecule has 22 heteroatoms. The van der Waals surface area contributed by atoms with Crippen molar-refractivity contribution in [2.75, 3.05) is 32.7 Å². The molecule has 2 amide bonds. The van der Waals surface area contributed by atoms with E-state index in [0.29, 0.717) is 35.7 Å². The van der Waals surface area contributed by atoms with Gasteiger partial charge >= 0.3 is 31.7 Å². The highest BCUT2D eigenvalue weighted by molar-refractivity contribution is 7.89. The number of fused-ring (bicyclic) bond motifs is 1. The van der Waals surface area contributed by atoms with Gasteiger partial charge in [-0.1, -0.05) is 70.2 Å². The normalized spacial score (nSPS) is 19.6. The lowest BCUT2D eigenvalue weighted by molar-refractivity contribution is -0.176. The number of benzene rings is 3. The molecule has 2 saturated heterocycles. The van der Waals surface area contributed by atoms with E-state index in [9.17, 15) is 45.6 Å². The average molecular weight is 986 g/mol. The zero-order valence-corrected chi connectivity index (χ0v) is 39.8. The van der Waals surface area contributed by atoms with Crippen molar-refractivity contribution >= 4 is 35.6 Å². The van der Waals surface area contributed by atoms with E-state index in [4.69, 9.17) is 32.7 Å². The fourth-order valence-electron chi connectivity index (χ4n) is 7.21. The van der Waals surface area contributed by atoms with Crippen LogP contribution in [-0.2, 0) is 60.7 Å². The lowest BCUT2D eigenvalue weighted by atomic mass is 10.0. The lowest BCUT2D eigenvalue weighted by Gasteiger charge is -2.31. The number of aliphatic hydroxyl groups excluding tert-OH is 1. The second-order valence-corrected chi connectivity index (χ2v) is 21.0. The van der Waals surface area contributed by atoms with Crippen molar-refractivity contribution in [2.24, 2.45) is 17.8 Å². The molecule has 3 N–H and O–H groups in total. The third kappa shape index (κ3) is 15.6. The van der Waals surface area contributed by atoms with Gasteiger partial charge in [-0.2, -0.15) is 17.5 Å². The number of ether oxygens (including phenoxy) is 5. The Kier molecular flexibility index (Phi) is 18.7. The van der Waals surface area contributed by atoms with Crippen LogP contribution in [0.2, 0.25) is 0 Å². The average Bonchev–Trinajstić information content (AvgIpc) is 3.88. The van der Waals surface area contributed by atoms with E-state index in [1.807, 2.05) is 0 Å². The molecule has 3 aromatic rings. The van der Waals surface area contributed by atoms with Gasteiger partial charge in [0.1, 0.15) is 30.3 Å². The van der Waals surface area contributed by atoms with Crippen molar-refractivity contribution in [3.05, 3.63) is 90.0 Å². The molecule has 67 heavy (non-hydrogen) atoms. The quantitative estimate of drug-likeness (QED) is 0.0677. The monoisotopic (exact) mass is 985 g/mol. The van der Waals surface area contributed by atoms with Gasteiger partial charge in [-0.05, 0) is 86.1 Å². The van der Waals surface area contributed by atoms with Crippen LogP contribution in [0.5, 0.6) is 11.5 Å². The van der Waals surface area contributed by atoms with Crippen molar-refractivity contribution in [3.8, 4) is 11.5 Å². The minimum absolute atomic E-state index is 0.000511. The summed E-state index contributed by atoms with van der Waals surface area (Å²) >= 11 is 0. The Bertz CT molecular complexity index is 2250. The van der Waals surface area contributed by atoms with Crippen LogP contribution in [0.1, 0.15) is 59.1 Å². The Hall–Kier alpha value is -4.76. The van der Waals surface area contributed by atoms with Crippen LogP contribution < -0.4 is 19.9 Å². The zero-order chi connectivity index (χ0) is 49.1. The number of carbonyl (C=O) groups is 3. The van der Waals surface area contributed by atoms with Crippen LogP contribution in [0.4, 0.5) is 18.0 Å². The maximum absolute atomic E-state index is 14.2. The number of nitrogens with zero attached hydrogens (tertiary/aromatic N) is 1. The van der Waals surface area contributed by atoms with E-state index in [0.717, 1.165) is 4.31 Å². The Morgan fingerprint density at radius 3 is 2.15 bits per heavy atom. The Labute approximate surface area is 388 Å². The van der Waals surface area contributed by atoms with Gasteiger partial charge in [-0.15, -0.1) is 0 Å². The van der Waals surface area contributed by atoms with Gasteiger partial charge in [-0.25, -0.2) is 22.6 Å². The van der Waals surface area contributed by atoms with Crippen molar-refractivity contribution in [2.45, 2.75) is 109 Å². The van der Waals surface area contributed by atoms with Gasteiger partial charge in [-0.3, -0.25) is 9.32 Å². The molecule has 0 radical (unpaired) electrons. The molecule has 17 nitrogen and oxygen atoms in total. The van der Waals surface area contributed by atoms with E-state index < -0.39 is 104 Å². The van der Waals surface area contributed by atoms with Gasteiger partial charge in [0, 0.05) is 13.1 Å². The number of halogens is 3. The molecule has 0 bridgehead atoms. The molecule has 2 heterocycles. The number of aliphatic hydroxyl groups is 1. The first-order chi connectivity index (χ1) is 31.5. The fourth-order valence-corrected chi connectivity index (χ4v) is 10.4. The summed E-state index contributed by atoms with van der Waals surface area (Å²) in [6.07, 6.45) is -8.89. The SMILES string of the molecule is CC(C)CN(C[C@@H](O)[C@H](Cc1ccc(OCP(=O)(Oc2ccccc2)OC(C)C)cc1)NC(=O)O[C@H]1CO[C@H]2OCC[C@H]21)S(=O)(=O)c1ccc(COC(=O)[C@@H](NC(=O)C(F)(F)F)C(C)C)cc1. The van der Waals surface area contributed by atoms with Crippen LogP contribution in [-0.4, -0.2) is 111 Å². The van der Waals surface area contributed by atoms with E-state index in [1.165, 1.54) is 38.1 Å². The van der Waals surface area contributed by atoms with Crippen molar-refractivity contribution in [1.29, 1.82) is 0 Å². The molecule has 2 fully saturated rings. The number of para-hydroxylation sites is 1. The lowest BCUT2D eigenvalue weighted by Crippen LogP contribution is -2.51. The molecule has 0 spiro atoms. The number of rotatable bonds is 23. The molecule has 0 saturated carbocycles. The standard InChI is InChI=1S/C45H59F3N3O14PS/c1-28(2)23-51(67(57,58)35-18-14-32(15-19-35)25-60-41(53)40(29(3)4)50-43(54)45(46,47)48)24-38(52)37(49-44(55)63-39-26-61-42-36(39)20-21-59-42)22-31-12-16-33(17-13-31)62-27-66(56,64-30(5)6)65-34-10-8-7-9-11-34/h7-19,28-30,36-40,42,52H,20-27H2,1-6H3,(H,49,55)(H,50,54)/t36-,37-,38+,39-,40-,42+,66?/m0/s1. The van der Waals surface area contributed by atoms with Crippen LogP contribution in [0, 0.1) is 17.8 Å². The highest BCUT2D eigenvalue weighted by Crippen LogP contribution is 2.49. The van der Waals surface area contributed by atoms with Crippen molar-refractivity contribution < 1.29 is 78.4 Å². The molecule has 2 aliphatic heterocycles. The molecule has 3 aromatic carbocycles. The third-order valence-corrected chi connectivity index (χ3v) is 14.0. The van der Waals surface area contributed by atoms with Crippen molar-refractivity contribution in [3.63, 3.8) is 0 Å². The number of sulfonamides is 1. The van der Waals surface area contributed by atoms with Gasteiger partial charge in [0.25, 0.3) is 0 Å². The predicted octanol–water partition coefficient (Wildman–Crippen LogP) is 6.57. The summed E-state index contributed by atoms with van der Waals surface area (Å²) in [5, 5.41) is 16.2. The first-order valence-corrected chi connectivity index (χ1v) is 25.0. The summed E-state index contributed by atoms with van der Waals surface area (Å²) in [5.74, 6) is -3.88. The maximum Gasteiger partial charge on any atom is 0.471 e. The number of alkyl halides is 3. The highest BCUT2D eigenvalue weighted by Gasteiger charge is 2.45. The van der Waals surface area contributed by atoms with E-state index in [1.54, 1.807) is 87.6 Å². The van der Waals surface area contributed by atoms with E-state index >= 15 is 0 Å². The second-order valence-electron chi connectivity index (χ2n) is 17.2. The third-order valence-electron chi connectivity index (χ3n) is 10.5. The summed E-state index contributed by atoms with van der Waals surface area (Å²) < 4.78 is 121. The molecule has 0 aliphatic carbocycles. The highest BCUT2D eigenvalue weighted by atomic mass is 32.2. The van der Waals surface area contributed by atoms with E-state index in [2.05, 4.69) is 5.32 Å². The summed E-state index contributed by atoms with van der Waals surface area (Å²) in [5.41, 5.74) is 0.900. The number of hydrogen-bond acceptors (Lipinski definition) is 14. The van der Waals surface area contributed by atoms with Gasteiger partial charge in [0.15, 0.2) is 6.29 Å². The molecule has 370 valence electrons. The smallest absolute Gasteiger partial charge is 0.471 e. The van der Waals surface area contributed by atoms with Crippen LogP contribution in [0.25, 0.3) is 0 Å². The zero-order valence-electron chi connectivity index (χ0n) is 38.0. The first-order valence-electron chi connectivity index (χ1n) is 21.8. The Balaban J connectivity index is 1.30. The van der Waals surface area contributed by atoms with Gasteiger partial charge in [0.2, 0.25) is 16.4 Å². The summed E-state index contributed by atoms with van der Waals surface area (Å²) in [6.45, 7) is 9.50. The molecule has 7 atom stereocenters. The van der Waals surface area contributed by atoms with Crippen molar-refractivity contribution in [1.82, 2.24) is 14.9 Å². The topological polar surface area (TPSA) is 215 Å². The number of alkyl carbamates (subject to hydrolysis) is 1. The predicted molar refractivity (Wildman–Crippen MR) is 236 cm³/mol. The number of carbonyl (C=O) groups excluding carboxylic acids is 3. The van der Waals surface area contributed by atoms with E-state index in [-0.39, 0.29) is 36.3 Å². The number of hydrogen-bond donors (Lipinski definition) is 3. The summed E-state index contributed by atoms with van der Waals surface area (Å²) in [6, 6.07) is 17.6. The van der Waals surface area contributed by atoms with Crippen LogP contribution in [0.15, 0.2) is 83.8 Å². The molecule has 5 rings (SSSR count). The minimum Gasteiger partial charge on any atom is -0.480 e. The fraction of sp³-hybridized carbons (Fsp3) is 0.533.